The number of imidazole rings is 1. The molecule has 0 saturated carbocycles. The lowest BCUT2D eigenvalue weighted by atomic mass is 10.1. The van der Waals surface area contributed by atoms with Crippen molar-refractivity contribution >= 4 is 17.5 Å². The van der Waals surface area contributed by atoms with Gasteiger partial charge >= 0.3 is 0 Å². The number of halogens is 1. The molecule has 0 atom stereocenters. The average Bonchev–Trinajstić information content (AvgIpc) is 3.40. The van der Waals surface area contributed by atoms with Crippen molar-refractivity contribution in [2.24, 2.45) is 7.05 Å². The van der Waals surface area contributed by atoms with Gasteiger partial charge in [0.25, 0.3) is 0 Å². The number of amides is 1. The van der Waals surface area contributed by atoms with Gasteiger partial charge in [-0.3, -0.25) is 9.48 Å². The molecule has 0 unspecified atom stereocenters. The number of nitrogens with one attached hydrogen (secondary N) is 1. The molecule has 0 saturated heterocycles. The van der Waals surface area contributed by atoms with E-state index in [2.05, 4.69) is 10.3 Å². The highest BCUT2D eigenvalue weighted by atomic mass is 35.5. The number of carbonyl (C=O) groups excluding carboxylic acids is 1. The molecule has 8 heteroatoms. The van der Waals surface area contributed by atoms with Gasteiger partial charge in [-0.2, -0.15) is 5.10 Å². The van der Waals surface area contributed by atoms with Crippen LogP contribution in [-0.4, -0.2) is 38.9 Å². The summed E-state index contributed by atoms with van der Waals surface area (Å²) in [7, 11) is 3.56. The monoisotopic (exact) mass is 449 g/mol. The number of methoxy groups -OCH3 is 1. The minimum atomic E-state index is -0.0374. The third-order valence-corrected chi connectivity index (χ3v) is 5.39. The van der Waals surface area contributed by atoms with Crippen LogP contribution in [0, 0.1) is 0 Å². The van der Waals surface area contributed by atoms with Gasteiger partial charge in [-0.15, -0.1) is 0 Å². The Morgan fingerprint density at radius 1 is 1.12 bits per heavy atom. The highest BCUT2D eigenvalue weighted by Gasteiger charge is 2.16. The van der Waals surface area contributed by atoms with E-state index in [1.807, 2.05) is 77.2 Å². The van der Waals surface area contributed by atoms with Crippen molar-refractivity contribution in [3.05, 3.63) is 77.7 Å². The Balaban J connectivity index is 1.45. The van der Waals surface area contributed by atoms with E-state index in [0.717, 1.165) is 34.0 Å². The van der Waals surface area contributed by atoms with Gasteiger partial charge in [0.05, 0.1) is 20.1 Å². The highest BCUT2D eigenvalue weighted by molar-refractivity contribution is 6.30. The SMILES string of the molecule is COc1ccc(CC(=O)NCCn2cc(-c3ccc(Cl)cc3)c(-c3nccn3C)n2)cc1. The first kappa shape index (κ1) is 21.6. The van der Waals surface area contributed by atoms with Crippen molar-refractivity contribution in [1.82, 2.24) is 24.6 Å². The number of ether oxygens (including phenoxy) is 1. The number of hydrogen-bond acceptors (Lipinski definition) is 4. The number of aromatic nitrogens is 4. The van der Waals surface area contributed by atoms with Crippen LogP contribution in [0.3, 0.4) is 0 Å². The van der Waals surface area contributed by atoms with Crippen LogP contribution in [0.15, 0.2) is 67.1 Å². The molecule has 4 aromatic rings. The number of nitrogens with zero attached hydrogens (tertiary/aromatic N) is 4. The number of benzene rings is 2. The van der Waals surface area contributed by atoms with Crippen LogP contribution in [0.5, 0.6) is 5.75 Å². The molecule has 0 spiro atoms. The molecule has 0 bridgehead atoms. The van der Waals surface area contributed by atoms with Crippen LogP contribution < -0.4 is 10.1 Å². The predicted molar refractivity (Wildman–Crippen MR) is 125 cm³/mol. The van der Waals surface area contributed by atoms with Crippen molar-refractivity contribution < 1.29 is 9.53 Å². The molecule has 0 fully saturated rings. The van der Waals surface area contributed by atoms with Gasteiger partial charge in [0.2, 0.25) is 5.91 Å². The molecular formula is C24H24ClN5O2. The van der Waals surface area contributed by atoms with Crippen LogP contribution in [-0.2, 0) is 24.8 Å². The van der Waals surface area contributed by atoms with Gasteiger partial charge in [0.1, 0.15) is 11.4 Å². The minimum absolute atomic E-state index is 0.0374. The smallest absolute Gasteiger partial charge is 0.224 e. The van der Waals surface area contributed by atoms with Crippen LogP contribution in [0.1, 0.15) is 5.56 Å². The normalized spacial score (nSPS) is 10.8. The quantitative estimate of drug-likeness (QED) is 0.441. The largest absolute Gasteiger partial charge is 0.497 e. The van der Waals surface area contributed by atoms with Gasteiger partial charge in [0, 0.05) is 42.8 Å². The molecule has 0 aliphatic carbocycles. The molecule has 32 heavy (non-hydrogen) atoms. The van der Waals surface area contributed by atoms with Crippen LogP contribution in [0.2, 0.25) is 5.02 Å². The van der Waals surface area contributed by atoms with E-state index >= 15 is 0 Å². The first-order chi connectivity index (χ1) is 15.5. The van der Waals surface area contributed by atoms with E-state index in [4.69, 9.17) is 21.4 Å². The van der Waals surface area contributed by atoms with Gasteiger partial charge in [-0.1, -0.05) is 35.9 Å². The number of aryl methyl sites for hydroxylation is 1. The lowest BCUT2D eigenvalue weighted by Crippen LogP contribution is -2.28. The zero-order valence-electron chi connectivity index (χ0n) is 18.0. The molecule has 0 aliphatic rings. The summed E-state index contributed by atoms with van der Waals surface area (Å²) in [6, 6.07) is 15.1. The molecule has 0 aliphatic heterocycles. The zero-order chi connectivity index (χ0) is 22.5. The summed E-state index contributed by atoms with van der Waals surface area (Å²) in [6.45, 7) is 1.01. The summed E-state index contributed by atoms with van der Waals surface area (Å²) in [6.07, 6.45) is 5.93. The second-order valence-electron chi connectivity index (χ2n) is 7.40. The first-order valence-corrected chi connectivity index (χ1v) is 10.6. The molecule has 4 rings (SSSR count). The van der Waals surface area contributed by atoms with Crippen LogP contribution in [0.4, 0.5) is 0 Å². The maximum atomic E-state index is 12.3. The fourth-order valence-corrected chi connectivity index (χ4v) is 3.56. The Bertz CT molecular complexity index is 1200. The Hall–Kier alpha value is -3.58. The minimum Gasteiger partial charge on any atom is -0.497 e. The molecule has 0 radical (unpaired) electrons. The van der Waals surface area contributed by atoms with Crippen molar-refractivity contribution in [2.45, 2.75) is 13.0 Å². The molecule has 1 amide bonds. The standard InChI is InChI=1S/C24H24ClN5O2/c1-29-13-11-27-24(29)23-21(18-5-7-19(25)8-6-18)16-30(28-23)14-12-26-22(31)15-17-3-9-20(32-2)10-4-17/h3-11,13,16H,12,14-15H2,1-2H3,(H,26,31). The molecule has 7 nitrogen and oxygen atoms in total. The molecule has 2 aromatic carbocycles. The number of hydrogen-bond donors (Lipinski definition) is 1. The summed E-state index contributed by atoms with van der Waals surface area (Å²) < 4.78 is 8.92. The summed E-state index contributed by atoms with van der Waals surface area (Å²) in [5.74, 6) is 1.51. The lowest BCUT2D eigenvalue weighted by Gasteiger charge is -2.06. The molecule has 1 N–H and O–H groups in total. The second-order valence-corrected chi connectivity index (χ2v) is 7.83. The number of carbonyl (C=O) groups is 1. The summed E-state index contributed by atoms with van der Waals surface area (Å²) >= 11 is 6.06. The highest BCUT2D eigenvalue weighted by Crippen LogP contribution is 2.30. The van der Waals surface area contributed by atoms with E-state index in [-0.39, 0.29) is 5.91 Å². The molecule has 2 aromatic heterocycles. The third-order valence-electron chi connectivity index (χ3n) is 5.14. The molecular weight excluding hydrogens is 426 g/mol. The van der Waals surface area contributed by atoms with E-state index in [9.17, 15) is 4.79 Å². The van der Waals surface area contributed by atoms with Crippen molar-refractivity contribution in [2.75, 3.05) is 13.7 Å². The van der Waals surface area contributed by atoms with Gasteiger partial charge in [0.15, 0.2) is 5.82 Å². The maximum Gasteiger partial charge on any atom is 0.224 e. The fourth-order valence-electron chi connectivity index (χ4n) is 3.44. The van der Waals surface area contributed by atoms with E-state index in [0.29, 0.717) is 24.5 Å². The topological polar surface area (TPSA) is 74.0 Å². The molecule has 2 heterocycles. The second kappa shape index (κ2) is 9.70. The maximum absolute atomic E-state index is 12.3. The molecule has 164 valence electrons. The third kappa shape index (κ3) is 5.00. The van der Waals surface area contributed by atoms with Gasteiger partial charge in [-0.25, -0.2) is 4.98 Å². The van der Waals surface area contributed by atoms with Crippen molar-refractivity contribution in [1.29, 1.82) is 0 Å². The Morgan fingerprint density at radius 3 is 2.53 bits per heavy atom. The predicted octanol–water partition coefficient (Wildman–Crippen LogP) is 3.97. The Kier molecular flexibility index (Phi) is 6.56. The zero-order valence-corrected chi connectivity index (χ0v) is 18.7. The Labute approximate surface area is 191 Å². The van der Waals surface area contributed by atoms with Gasteiger partial charge in [-0.05, 0) is 35.4 Å². The average molecular weight is 450 g/mol. The van der Waals surface area contributed by atoms with E-state index in [1.54, 1.807) is 13.3 Å². The Morgan fingerprint density at radius 2 is 1.88 bits per heavy atom. The van der Waals surface area contributed by atoms with E-state index in [1.165, 1.54) is 0 Å². The summed E-state index contributed by atoms with van der Waals surface area (Å²) in [5, 5.41) is 8.39. The van der Waals surface area contributed by atoms with E-state index < -0.39 is 0 Å². The van der Waals surface area contributed by atoms with Gasteiger partial charge < -0.3 is 14.6 Å². The van der Waals surface area contributed by atoms with Crippen molar-refractivity contribution in [3.8, 4) is 28.4 Å². The fraction of sp³-hybridized carbons (Fsp3) is 0.208. The van der Waals surface area contributed by atoms with Crippen LogP contribution >= 0.6 is 11.6 Å². The summed E-state index contributed by atoms with van der Waals surface area (Å²) in [5.41, 5.74) is 3.68. The van der Waals surface area contributed by atoms with Crippen molar-refractivity contribution in [3.63, 3.8) is 0 Å². The van der Waals surface area contributed by atoms with Crippen LogP contribution in [0.25, 0.3) is 22.6 Å². The summed E-state index contributed by atoms with van der Waals surface area (Å²) in [4.78, 5) is 16.8. The number of rotatable bonds is 8. The first-order valence-electron chi connectivity index (χ1n) is 10.2. The lowest BCUT2D eigenvalue weighted by molar-refractivity contribution is -0.120.